The second-order valence-corrected chi connectivity index (χ2v) is 8.27. The minimum Gasteiger partial charge on any atom is -0.338 e. The number of nitrogens with one attached hydrogen (secondary N) is 1. The molecule has 2 amide bonds. The molecule has 2 aliphatic rings. The fourth-order valence-electron chi connectivity index (χ4n) is 3.58. The highest BCUT2D eigenvalue weighted by Gasteiger charge is 2.34. The summed E-state index contributed by atoms with van der Waals surface area (Å²) >= 11 is 1.84. The molecule has 3 rings (SSSR count). The van der Waals surface area contributed by atoms with Gasteiger partial charge in [-0.15, -0.1) is 11.3 Å². The molecule has 4 nitrogen and oxygen atoms in total. The first kappa shape index (κ1) is 16.8. The third-order valence-electron chi connectivity index (χ3n) is 4.84. The van der Waals surface area contributed by atoms with Crippen LogP contribution in [0.25, 0.3) is 0 Å². The van der Waals surface area contributed by atoms with E-state index in [-0.39, 0.29) is 6.03 Å². The smallest absolute Gasteiger partial charge is 0.317 e. The monoisotopic (exact) mass is 335 g/mol. The van der Waals surface area contributed by atoms with E-state index >= 15 is 0 Å². The maximum Gasteiger partial charge on any atom is 0.317 e. The number of carbonyl (C=O) groups excluding carboxylic acids is 1. The Morgan fingerprint density at radius 1 is 1.43 bits per heavy atom. The number of rotatable bonds is 6. The number of carbonyl (C=O) groups is 1. The van der Waals surface area contributed by atoms with Crippen molar-refractivity contribution in [3.63, 3.8) is 0 Å². The first-order valence-electron chi connectivity index (χ1n) is 8.94. The molecule has 5 heteroatoms. The molecule has 23 heavy (non-hydrogen) atoms. The third-order valence-corrected chi connectivity index (χ3v) is 5.70. The SMILES string of the molecule is CC(C)N(C(=O)NC[C@@H]1CCCN(Cc2cccs2)C1)C1CC1. The summed E-state index contributed by atoms with van der Waals surface area (Å²) in [5, 5.41) is 5.35. The molecule has 1 saturated heterocycles. The van der Waals surface area contributed by atoms with Crippen molar-refractivity contribution in [3.05, 3.63) is 22.4 Å². The molecule has 1 N–H and O–H groups in total. The van der Waals surface area contributed by atoms with Crippen molar-refractivity contribution in [2.24, 2.45) is 5.92 Å². The zero-order valence-electron chi connectivity index (χ0n) is 14.3. The van der Waals surface area contributed by atoms with Crippen molar-refractivity contribution < 1.29 is 4.79 Å². The van der Waals surface area contributed by atoms with E-state index in [0.717, 1.165) is 19.6 Å². The van der Waals surface area contributed by atoms with Gasteiger partial charge >= 0.3 is 6.03 Å². The lowest BCUT2D eigenvalue weighted by atomic mass is 9.98. The highest BCUT2D eigenvalue weighted by molar-refractivity contribution is 7.09. The molecule has 0 aromatic carbocycles. The highest BCUT2D eigenvalue weighted by Crippen LogP contribution is 2.28. The number of urea groups is 1. The fraction of sp³-hybridized carbons (Fsp3) is 0.722. The predicted molar refractivity (Wildman–Crippen MR) is 95.7 cm³/mol. The molecule has 2 fully saturated rings. The maximum atomic E-state index is 12.4. The Balaban J connectivity index is 1.45. The van der Waals surface area contributed by atoms with E-state index in [4.69, 9.17) is 0 Å². The van der Waals surface area contributed by atoms with E-state index in [1.165, 1.54) is 37.1 Å². The summed E-state index contributed by atoms with van der Waals surface area (Å²) < 4.78 is 0. The molecule has 0 radical (unpaired) electrons. The van der Waals surface area contributed by atoms with Crippen molar-refractivity contribution in [1.82, 2.24) is 15.1 Å². The topological polar surface area (TPSA) is 35.6 Å². The average molecular weight is 336 g/mol. The van der Waals surface area contributed by atoms with Crippen LogP contribution in [0.4, 0.5) is 4.79 Å². The summed E-state index contributed by atoms with van der Waals surface area (Å²) in [4.78, 5) is 18.5. The first-order chi connectivity index (χ1) is 11.1. The van der Waals surface area contributed by atoms with Gasteiger partial charge in [0.2, 0.25) is 0 Å². The van der Waals surface area contributed by atoms with Crippen LogP contribution in [0.5, 0.6) is 0 Å². The minimum atomic E-state index is 0.137. The van der Waals surface area contributed by atoms with Crippen LogP contribution in [0.2, 0.25) is 0 Å². The van der Waals surface area contributed by atoms with Crippen molar-refractivity contribution in [2.75, 3.05) is 19.6 Å². The van der Waals surface area contributed by atoms with Gasteiger partial charge in [-0.05, 0) is 63.4 Å². The second kappa shape index (κ2) is 7.67. The normalized spacial score (nSPS) is 22.3. The summed E-state index contributed by atoms with van der Waals surface area (Å²) in [6.07, 6.45) is 4.81. The molecule has 1 atom stereocenters. The largest absolute Gasteiger partial charge is 0.338 e. The molecule has 0 unspecified atom stereocenters. The van der Waals surface area contributed by atoms with Gasteiger partial charge in [0, 0.05) is 36.6 Å². The van der Waals surface area contributed by atoms with Crippen molar-refractivity contribution in [2.45, 2.75) is 58.2 Å². The van der Waals surface area contributed by atoms with Crippen LogP contribution in [0.3, 0.4) is 0 Å². The standard InChI is InChI=1S/C18H29N3OS/c1-14(2)21(16-7-8-16)18(22)19-11-15-5-3-9-20(12-15)13-17-6-4-10-23-17/h4,6,10,14-16H,3,5,7-9,11-13H2,1-2H3,(H,19,22)/t15-/m0/s1. The van der Waals surface area contributed by atoms with Gasteiger partial charge in [-0.25, -0.2) is 4.79 Å². The molecule has 1 saturated carbocycles. The molecule has 1 aromatic heterocycles. The Morgan fingerprint density at radius 2 is 2.26 bits per heavy atom. The zero-order valence-corrected chi connectivity index (χ0v) is 15.1. The summed E-state index contributed by atoms with van der Waals surface area (Å²) in [7, 11) is 0. The van der Waals surface area contributed by atoms with Gasteiger partial charge in [-0.3, -0.25) is 4.90 Å². The Bertz CT molecular complexity index is 496. The summed E-state index contributed by atoms with van der Waals surface area (Å²) in [5.41, 5.74) is 0. The lowest BCUT2D eigenvalue weighted by molar-refractivity contribution is 0.155. The Morgan fingerprint density at radius 3 is 2.91 bits per heavy atom. The summed E-state index contributed by atoms with van der Waals surface area (Å²) in [6.45, 7) is 8.38. The van der Waals surface area contributed by atoms with E-state index in [9.17, 15) is 4.79 Å². The predicted octanol–water partition coefficient (Wildman–Crippen LogP) is 3.54. The van der Waals surface area contributed by atoms with Crippen LogP contribution in [0.15, 0.2) is 17.5 Å². The molecule has 128 valence electrons. The third kappa shape index (κ3) is 4.70. The summed E-state index contributed by atoms with van der Waals surface area (Å²) in [5.74, 6) is 0.584. The minimum absolute atomic E-state index is 0.137. The van der Waals surface area contributed by atoms with Gasteiger partial charge in [0.15, 0.2) is 0 Å². The number of hydrogen-bond donors (Lipinski definition) is 1. The Labute approximate surface area is 143 Å². The second-order valence-electron chi connectivity index (χ2n) is 7.24. The van der Waals surface area contributed by atoms with Crippen molar-refractivity contribution in [1.29, 1.82) is 0 Å². The lowest BCUT2D eigenvalue weighted by Gasteiger charge is -2.33. The van der Waals surface area contributed by atoms with E-state index in [0.29, 0.717) is 18.0 Å². The van der Waals surface area contributed by atoms with Crippen LogP contribution in [-0.2, 0) is 6.54 Å². The molecule has 0 bridgehead atoms. The number of nitrogens with zero attached hydrogens (tertiary/aromatic N) is 2. The van der Waals surface area contributed by atoms with Gasteiger partial charge in [0.25, 0.3) is 0 Å². The number of likely N-dealkylation sites (tertiary alicyclic amines) is 1. The van der Waals surface area contributed by atoms with Crippen LogP contribution in [-0.4, -0.2) is 47.5 Å². The zero-order chi connectivity index (χ0) is 16.2. The van der Waals surface area contributed by atoms with Crippen LogP contribution >= 0.6 is 11.3 Å². The van der Waals surface area contributed by atoms with E-state index < -0.39 is 0 Å². The van der Waals surface area contributed by atoms with Gasteiger partial charge in [0.05, 0.1) is 0 Å². The number of amides is 2. The van der Waals surface area contributed by atoms with Crippen LogP contribution in [0.1, 0.15) is 44.4 Å². The number of hydrogen-bond acceptors (Lipinski definition) is 3. The summed E-state index contributed by atoms with van der Waals surface area (Å²) in [6, 6.07) is 5.26. The molecular weight excluding hydrogens is 306 g/mol. The maximum absolute atomic E-state index is 12.4. The fourth-order valence-corrected chi connectivity index (χ4v) is 4.33. The van der Waals surface area contributed by atoms with Gasteiger partial charge in [-0.2, -0.15) is 0 Å². The van der Waals surface area contributed by atoms with Crippen LogP contribution in [0, 0.1) is 5.92 Å². The van der Waals surface area contributed by atoms with Gasteiger partial charge in [-0.1, -0.05) is 6.07 Å². The molecule has 1 aliphatic carbocycles. The quantitative estimate of drug-likeness (QED) is 0.863. The number of piperidine rings is 1. The molecular formula is C18H29N3OS. The van der Waals surface area contributed by atoms with Crippen molar-refractivity contribution in [3.8, 4) is 0 Å². The van der Waals surface area contributed by atoms with E-state index in [2.05, 4.69) is 41.6 Å². The lowest BCUT2D eigenvalue weighted by Crippen LogP contribution is -2.48. The molecule has 1 aromatic rings. The van der Waals surface area contributed by atoms with Crippen molar-refractivity contribution >= 4 is 17.4 Å². The number of thiophene rings is 1. The molecule has 2 heterocycles. The average Bonchev–Trinajstić information content (AvgIpc) is 3.21. The molecule has 0 spiro atoms. The van der Waals surface area contributed by atoms with Gasteiger partial charge in [0.1, 0.15) is 0 Å². The highest BCUT2D eigenvalue weighted by atomic mass is 32.1. The van der Waals surface area contributed by atoms with E-state index in [1.54, 1.807) is 0 Å². The van der Waals surface area contributed by atoms with Crippen LogP contribution < -0.4 is 5.32 Å². The first-order valence-corrected chi connectivity index (χ1v) is 9.82. The van der Waals surface area contributed by atoms with E-state index in [1.807, 2.05) is 16.2 Å². The van der Waals surface area contributed by atoms with Gasteiger partial charge < -0.3 is 10.2 Å². The molecule has 1 aliphatic heterocycles. The Hall–Kier alpha value is -1.07. The Kier molecular flexibility index (Phi) is 5.59.